The maximum absolute atomic E-state index is 13.2. The van der Waals surface area contributed by atoms with Crippen LogP contribution in [0.5, 0.6) is 5.75 Å². The number of halogens is 1. The number of fused-ring (bicyclic) bond motifs is 3. The van der Waals surface area contributed by atoms with Crippen LogP contribution in [0, 0.1) is 0 Å². The van der Waals surface area contributed by atoms with Crippen molar-refractivity contribution in [3.8, 4) is 16.9 Å². The van der Waals surface area contributed by atoms with Gasteiger partial charge in [0.1, 0.15) is 10.4 Å². The number of carbonyl (C=O) groups is 1. The van der Waals surface area contributed by atoms with Crippen molar-refractivity contribution in [3.63, 3.8) is 0 Å². The first kappa shape index (κ1) is 18.9. The summed E-state index contributed by atoms with van der Waals surface area (Å²) in [5.41, 5.74) is 3.14. The number of pyridine rings is 1. The monoisotopic (exact) mass is 412 g/mol. The van der Waals surface area contributed by atoms with Gasteiger partial charge >= 0.3 is 6.09 Å². The molecule has 0 atom stereocenters. The first-order valence-electron chi connectivity index (χ1n) is 8.85. The van der Waals surface area contributed by atoms with E-state index >= 15 is 0 Å². The van der Waals surface area contributed by atoms with Gasteiger partial charge in [-0.3, -0.25) is 4.79 Å². The van der Waals surface area contributed by atoms with Crippen molar-refractivity contribution >= 4 is 38.4 Å². The van der Waals surface area contributed by atoms with Gasteiger partial charge in [0.2, 0.25) is 0 Å². The van der Waals surface area contributed by atoms with Gasteiger partial charge < -0.3 is 14.8 Å². The van der Waals surface area contributed by atoms with Gasteiger partial charge in [-0.2, -0.15) is 0 Å². The summed E-state index contributed by atoms with van der Waals surface area (Å²) in [6.45, 7) is -0.233. The van der Waals surface area contributed by atoms with E-state index in [2.05, 4.69) is 4.98 Å². The van der Waals surface area contributed by atoms with Crippen LogP contribution in [0.4, 0.5) is 9.28 Å². The Morgan fingerprint density at radius 2 is 1.97 bits per heavy atom. The van der Waals surface area contributed by atoms with Gasteiger partial charge in [0.05, 0.1) is 13.7 Å². The number of carboxylic acid groups (broad SMARTS) is 1. The third-order valence-corrected chi connectivity index (χ3v) is 5.74. The fourth-order valence-corrected chi connectivity index (χ4v) is 4.24. The van der Waals surface area contributed by atoms with Gasteiger partial charge in [0.25, 0.3) is 5.56 Å². The summed E-state index contributed by atoms with van der Waals surface area (Å²) >= 11 is 1.39. The predicted molar refractivity (Wildman–Crippen MR) is 111 cm³/mol. The number of hydrogen-bond acceptors (Lipinski definition) is 4. The van der Waals surface area contributed by atoms with Gasteiger partial charge in [-0.05, 0) is 41.1 Å². The van der Waals surface area contributed by atoms with Crippen molar-refractivity contribution in [2.75, 3.05) is 13.7 Å². The maximum atomic E-state index is 13.2. The molecule has 0 saturated heterocycles. The van der Waals surface area contributed by atoms with Crippen molar-refractivity contribution in [3.05, 3.63) is 63.8 Å². The number of nitrogens with zero attached hydrogens (tertiary/aromatic N) is 1. The van der Waals surface area contributed by atoms with Crippen molar-refractivity contribution in [2.45, 2.75) is 6.42 Å². The largest absolute Gasteiger partial charge is 0.496 e. The average Bonchev–Trinajstić information content (AvgIpc) is 3.22. The lowest BCUT2D eigenvalue weighted by Crippen LogP contribution is -2.22. The van der Waals surface area contributed by atoms with Gasteiger partial charge in [-0.1, -0.05) is 28.7 Å². The van der Waals surface area contributed by atoms with Crippen LogP contribution in [0.2, 0.25) is 0 Å². The Kier molecular flexibility index (Phi) is 4.94. The molecule has 0 aliphatic carbocycles. The highest BCUT2D eigenvalue weighted by Gasteiger charge is 2.16. The van der Waals surface area contributed by atoms with Crippen LogP contribution < -0.4 is 10.3 Å². The summed E-state index contributed by atoms with van der Waals surface area (Å²) in [7, 11) is 1.59. The molecule has 0 aliphatic heterocycles. The van der Waals surface area contributed by atoms with E-state index in [0.29, 0.717) is 10.4 Å². The Morgan fingerprint density at radius 1 is 1.21 bits per heavy atom. The lowest BCUT2D eigenvalue weighted by molar-refractivity contribution is 0.0329. The number of rotatable bonds is 5. The second kappa shape index (κ2) is 7.56. The van der Waals surface area contributed by atoms with E-state index in [4.69, 9.17) is 9.84 Å². The molecule has 2 aromatic carbocycles. The van der Waals surface area contributed by atoms with Crippen LogP contribution in [0.1, 0.15) is 5.56 Å². The zero-order valence-electron chi connectivity index (χ0n) is 15.4. The van der Waals surface area contributed by atoms with E-state index in [1.807, 2.05) is 47.8 Å². The predicted octanol–water partition coefficient (Wildman–Crippen LogP) is 4.83. The highest BCUT2D eigenvalue weighted by Crippen LogP contribution is 2.40. The molecule has 4 aromatic rings. The molecule has 0 unspecified atom stereocenters. The quantitative estimate of drug-likeness (QED) is 0.460. The molecule has 0 spiro atoms. The number of methoxy groups -OCH3 is 1. The zero-order chi connectivity index (χ0) is 20.5. The first-order valence-corrected chi connectivity index (χ1v) is 9.73. The Balaban J connectivity index is 1.82. The molecule has 0 fully saturated rings. The van der Waals surface area contributed by atoms with Crippen molar-refractivity contribution < 1.29 is 19.1 Å². The fraction of sp³-hybridized carbons (Fsp3) is 0.143. The highest BCUT2D eigenvalue weighted by atomic mass is 32.1. The number of benzene rings is 2. The minimum Gasteiger partial charge on any atom is -0.496 e. The lowest BCUT2D eigenvalue weighted by atomic mass is 9.96. The van der Waals surface area contributed by atoms with Crippen LogP contribution in [-0.4, -0.2) is 35.0 Å². The molecule has 1 amide bonds. The summed E-state index contributed by atoms with van der Waals surface area (Å²) in [6.07, 6.45) is -1.34. The summed E-state index contributed by atoms with van der Waals surface area (Å²) < 4.78 is 19.4. The number of hydrogen-bond donors (Lipinski definition) is 2. The van der Waals surface area contributed by atoms with E-state index in [9.17, 15) is 14.1 Å². The normalized spacial score (nSPS) is 11.1. The average molecular weight is 412 g/mol. The molecule has 6 nitrogen and oxygen atoms in total. The Labute approximate surface area is 168 Å². The lowest BCUT2D eigenvalue weighted by Gasteiger charge is -2.14. The van der Waals surface area contributed by atoms with Crippen LogP contribution >= 0.6 is 11.3 Å². The maximum Gasteiger partial charge on any atom is 0.435 e. The Bertz CT molecular complexity index is 1260. The molecule has 0 saturated carbocycles. The SMILES string of the molecule is COc1ccc2[nH]c(=O)c3sccc3c2c1-c1ccc(CCN(F)C(=O)O)cc1. The topological polar surface area (TPSA) is 82.6 Å². The molecule has 0 radical (unpaired) electrons. The smallest absolute Gasteiger partial charge is 0.435 e. The number of aromatic nitrogens is 1. The van der Waals surface area contributed by atoms with Gasteiger partial charge in [-0.25, -0.2) is 4.79 Å². The van der Waals surface area contributed by atoms with Crippen molar-refractivity contribution in [1.29, 1.82) is 0 Å². The standard InChI is InChI=1S/C21H17FN2O4S/c1-28-16-7-6-15-18(14-9-11-29-19(14)20(25)23-15)17(16)13-4-2-12(3-5-13)8-10-24(22)21(26)27/h2-7,9,11H,8,10H2,1H3,(H,23,25)(H,26,27). The molecule has 2 heterocycles. The summed E-state index contributed by atoms with van der Waals surface area (Å²) in [5, 5.41) is 12.0. The number of H-pyrrole nitrogens is 1. The summed E-state index contributed by atoms with van der Waals surface area (Å²) in [6, 6.07) is 13.0. The Morgan fingerprint density at radius 3 is 2.66 bits per heavy atom. The first-order chi connectivity index (χ1) is 14.0. The van der Waals surface area contributed by atoms with Crippen LogP contribution in [-0.2, 0) is 6.42 Å². The second-order valence-corrected chi connectivity index (χ2v) is 7.41. The van der Waals surface area contributed by atoms with E-state index in [-0.39, 0.29) is 23.6 Å². The van der Waals surface area contributed by atoms with E-state index in [0.717, 1.165) is 33.0 Å². The summed E-state index contributed by atoms with van der Waals surface area (Å²) in [5.74, 6) is 0.672. The van der Waals surface area contributed by atoms with Crippen LogP contribution in [0.3, 0.4) is 0 Å². The second-order valence-electron chi connectivity index (χ2n) is 6.50. The number of thiophene rings is 1. The fourth-order valence-electron chi connectivity index (χ4n) is 3.45. The number of nitrogens with one attached hydrogen (secondary N) is 1. The molecule has 0 bridgehead atoms. The molecule has 29 heavy (non-hydrogen) atoms. The van der Waals surface area contributed by atoms with Crippen LogP contribution in [0.25, 0.3) is 32.1 Å². The van der Waals surface area contributed by atoms with Crippen molar-refractivity contribution in [2.24, 2.45) is 0 Å². The van der Waals surface area contributed by atoms with E-state index in [1.165, 1.54) is 11.3 Å². The number of ether oxygens (including phenoxy) is 1. The van der Waals surface area contributed by atoms with E-state index < -0.39 is 6.09 Å². The molecule has 8 heteroatoms. The third-order valence-electron chi connectivity index (χ3n) is 4.82. The minimum absolute atomic E-state index is 0.122. The third kappa shape index (κ3) is 3.42. The number of aromatic amines is 1. The number of amides is 1. The van der Waals surface area contributed by atoms with Crippen LogP contribution in [0.15, 0.2) is 52.6 Å². The highest BCUT2D eigenvalue weighted by molar-refractivity contribution is 7.17. The van der Waals surface area contributed by atoms with Gasteiger partial charge in [0.15, 0.2) is 0 Å². The molecular formula is C21H17FN2O4S. The summed E-state index contributed by atoms with van der Waals surface area (Å²) in [4.78, 5) is 25.8. The van der Waals surface area contributed by atoms with Crippen molar-refractivity contribution in [1.82, 2.24) is 10.1 Å². The van der Waals surface area contributed by atoms with Gasteiger partial charge in [0, 0.05) is 21.9 Å². The Hall–Kier alpha value is -3.39. The molecule has 2 N–H and O–H groups in total. The molecule has 148 valence electrons. The molecule has 0 aliphatic rings. The zero-order valence-corrected chi connectivity index (χ0v) is 16.3. The molecule has 4 rings (SSSR count). The van der Waals surface area contributed by atoms with E-state index in [1.54, 1.807) is 7.11 Å². The van der Waals surface area contributed by atoms with Gasteiger partial charge in [-0.15, -0.1) is 16.5 Å². The molecular weight excluding hydrogens is 395 g/mol. The minimum atomic E-state index is -1.60. The molecule has 2 aromatic heterocycles.